The van der Waals surface area contributed by atoms with E-state index in [1.54, 1.807) is 12.4 Å². The number of carbonyl (C=O) groups excluding carboxylic acids is 1. The van der Waals surface area contributed by atoms with Crippen LogP contribution in [-0.4, -0.2) is 53.3 Å². The summed E-state index contributed by atoms with van der Waals surface area (Å²) in [5, 5.41) is 11.4. The molecule has 0 aromatic carbocycles. The number of nitrogens with zero attached hydrogens (tertiary/aromatic N) is 5. The summed E-state index contributed by atoms with van der Waals surface area (Å²) in [4.78, 5) is 23.6. The van der Waals surface area contributed by atoms with Crippen molar-refractivity contribution in [3.63, 3.8) is 0 Å². The number of carbonyl (C=O) groups is 1. The number of amides is 1. The number of anilines is 3. The second-order valence-corrected chi connectivity index (χ2v) is 6.58. The topological polar surface area (TPSA) is 90.0 Å². The van der Waals surface area contributed by atoms with Crippen molar-refractivity contribution in [2.45, 2.75) is 19.8 Å². The molecule has 24 heavy (non-hydrogen) atoms. The van der Waals surface area contributed by atoms with Crippen molar-refractivity contribution in [1.82, 2.24) is 20.2 Å². The molecule has 1 aliphatic heterocycles. The third kappa shape index (κ3) is 3.32. The van der Waals surface area contributed by atoms with Crippen molar-refractivity contribution in [2.24, 2.45) is 5.41 Å². The average Bonchev–Trinajstić information content (AvgIpc) is 3.08. The number of rotatable bonds is 4. The first-order chi connectivity index (χ1) is 11.5. The van der Waals surface area contributed by atoms with Gasteiger partial charge < -0.3 is 14.8 Å². The average molecular weight is 329 g/mol. The van der Waals surface area contributed by atoms with Gasteiger partial charge in [-0.3, -0.25) is 10.1 Å². The van der Waals surface area contributed by atoms with Gasteiger partial charge in [-0.15, -0.1) is 10.2 Å². The Kier molecular flexibility index (Phi) is 4.37. The molecular weight excluding hydrogens is 306 g/mol. The van der Waals surface area contributed by atoms with E-state index in [0.29, 0.717) is 5.95 Å². The summed E-state index contributed by atoms with van der Waals surface area (Å²) in [5.41, 5.74) is -0.402. The molecule has 2 aromatic heterocycles. The second-order valence-electron chi connectivity index (χ2n) is 6.58. The van der Waals surface area contributed by atoms with E-state index in [9.17, 15) is 4.79 Å². The number of aromatic amines is 1. The second kappa shape index (κ2) is 6.46. The first-order valence-electron chi connectivity index (χ1n) is 8.05. The van der Waals surface area contributed by atoms with Crippen LogP contribution in [-0.2, 0) is 4.79 Å². The summed E-state index contributed by atoms with van der Waals surface area (Å²) >= 11 is 0. The van der Waals surface area contributed by atoms with Gasteiger partial charge in [-0.05, 0) is 25.0 Å². The van der Waals surface area contributed by atoms with Crippen molar-refractivity contribution >= 4 is 23.5 Å². The van der Waals surface area contributed by atoms with E-state index in [4.69, 9.17) is 0 Å². The highest BCUT2D eigenvalue weighted by Gasteiger charge is 2.37. The Labute approximate surface area is 141 Å². The van der Waals surface area contributed by atoms with Gasteiger partial charge >= 0.3 is 0 Å². The molecule has 1 saturated heterocycles. The lowest BCUT2D eigenvalue weighted by atomic mass is 9.79. The molecule has 8 heteroatoms. The minimum Gasteiger partial charge on any atom is -0.361 e. The van der Waals surface area contributed by atoms with Gasteiger partial charge in [-0.2, -0.15) is 0 Å². The summed E-state index contributed by atoms with van der Waals surface area (Å²) in [6, 6.07) is 3.94. The standard InChI is InChI=1S/C16H23N7O/c1-16(14(24)19-15-17-8-9-18-15)6-10-23(11-7-16)13-5-4-12(20-21-13)22(2)3/h4-5,8-9H,6-7,10-11H2,1-3H3,(H2,17,18,19,24). The Morgan fingerprint density at radius 1 is 1.29 bits per heavy atom. The maximum absolute atomic E-state index is 12.5. The smallest absolute Gasteiger partial charge is 0.232 e. The maximum atomic E-state index is 12.5. The molecule has 2 aromatic rings. The monoisotopic (exact) mass is 329 g/mol. The fourth-order valence-electron chi connectivity index (χ4n) is 2.77. The molecule has 0 unspecified atom stereocenters. The molecule has 3 rings (SSSR count). The third-order valence-corrected chi connectivity index (χ3v) is 4.56. The zero-order valence-corrected chi connectivity index (χ0v) is 14.3. The Hall–Kier alpha value is -2.64. The van der Waals surface area contributed by atoms with E-state index in [1.807, 2.05) is 38.1 Å². The van der Waals surface area contributed by atoms with Crippen LogP contribution >= 0.6 is 0 Å². The SMILES string of the molecule is CN(C)c1ccc(N2CCC(C)(C(=O)Nc3ncc[nH]3)CC2)nn1. The number of hydrogen-bond acceptors (Lipinski definition) is 6. The fraction of sp³-hybridized carbons (Fsp3) is 0.500. The quantitative estimate of drug-likeness (QED) is 0.884. The number of nitrogens with one attached hydrogen (secondary N) is 2. The molecule has 0 bridgehead atoms. The van der Waals surface area contributed by atoms with Gasteiger partial charge in [0.15, 0.2) is 11.6 Å². The maximum Gasteiger partial charge on any atom is 0.232 e. The van der Waals surface area contributed by atoms with E-state index >= 15 is 0 Å². The molecule has 0 atom stereocenters. The summed E-state index contributed by atoms with van der Waals surface area (Å²) in [6.45, 7) is 3.56. The van der Waals surface area contributed by atoms with Crippen LogP contribution < -0.4 is 15.1 Å². The number of piperidine rings is 1. The van der Waals surface area contributed by atoms with E-state index in [0.717, 1.165) is 37.6 Å². The number of hydrogen-bond donors (Lipinski definition) is 2. The van der Waals surface area contributed by atoms with Crippen LogP contribution in [0.2, 0.25) is 0 Å². The van der Waals surface area contributed by atoms with Crippen molar-refractivity contribution in [1.29, 1.82) is 0 Å². The van der Waals surface area contributed by atoms with Crippen LogP contribution in [0.5, 0.6) is 0 Å². The first-order valence-corrected chi connectivity index (χ1v) is 8.05. The number of H-pyrrole nitrogens is 1. The summed E-state index contributed by atoms with van der Waals surface area (Å²) in [6.07, 6.45) is 4.83. The molecule has 2 N–H and O–H groups in total. The highest BCUT2D eigenvalue weighted by atomic mass is 16.2. The molecule has 0 aliphatic carbocycles. The molecule has 1 amide bonds. The van der Waals surface area contributed by atoms with Gasteiger partial charge in [0.25, 0.3) is 0 Å². The molecular formula is C16H23N7O. The van der Waals surface area contributed by atoms with Crippen LogP contribution in [0.25, 0.3) is 0 Å². The predicted octanol–water partition coefficient (Wildman–Crippen LogP) is 1.51. The lowest BCUT2D eigenvalue weighted by molar-refractivity contribution is -0.125. The first kappa shape index (κ1) is 16.2. The van der Waals surface area contributed by atoms with Crippen LogP contribution in [0, 0.1) is 5.41 Å². The molecule has 8 nitrogen and oxygen atoms in total. The van der Waals surface area contributed by atoms with E-state index in [-0.39, 0.29) is 5.91 Å². The van der Waals surface area contributed by atoms with Gasteiger partial charge in [-0.1, -0.05) is 6.92 Å². The molecule has 1 fully saturated rings. The van der Waals surface area contributed by atoms with Gasteiger partial charge in [0, 0.05) is 39.6 Å². The van der Waals surface area contributed by atoms with Crippen LogP contribution in [0.3, 0.4) is 0 Å². The normalized spacial score (nSPS) is 16.7. The van der Waals surface area contributed by atoms with Gasteiger partial charge in [0.2, 0.25) is 11.9 Å². The van der Waals surface area contributed by atoms with Crippen LogP contribution in [0.15, 0.2) is 24.5 Å². The zero-order chi connectivity index (χ0) is 17.2. The Morgan fingerprint density at radius 2 is 2.04 bits per heavy atom. The Morgan fingerprint density at radius 3 is 2.58 bits per heavy atom. The molecule has 3 heterocycles. The summed E-state index contributed by atoms with van der Waals surface area (Å²) in [7, 11) is 3.88. The molecule has 0 saturated carbocycles. The predicted molar refractivity (Wildman–Crippen MR) is 93.1 cm³/mol. The third-order valence-electron chi connectivity index (χ3n) is 4.56. The van der Waals surface area contributed by atoms with E-state index in [1.165, 1.54) is 0 Å². The van der Waals surface area contributed by atoms with Crippen LogP contribution in [0.1, 0.15) is 19.8 Å². The van der Waals surface area contributed by atoms with Crippen molar-refractivity contribution in [3.05, 3.63) is 24.5 Å². The minimum absolute atomic E-state index is 0.00569. The van der Waals surface area contributed by atoms with Crippen molar-refractivity contribution in [3.8, 4) is 0 Å². The molecule has 1 aliphatic rings. The summed E-state index contributed by atoms with van der Waals surface area (Å²) in [5.74, 6) is 2.19. The molecule has 0 radical (unpaired) electrons. The van der Waals surface area contributed by atoms with E-state index < -0.39 is 5.41 Å². The zero-order valence-electron chi connectivity index (χ0n) is 14.3. The lowest BCUT2D eigenvalue weighted by Crippen LogP contribution is -2.45. The Balaban J connectivity index is 1.61. The van der Waals surface area contributed by atoms with Gasteiger partial charge in [0.05, 0.1) is 5.41 Å². The van der Waals surface area contributed by atoms with Crippen molar-refractivity contribution in [2.75, 3.05) is 42.3 Å². The Bertz CT molecular complexity index is 673. The lowest BCUT2D eigenvalue weighted by Gasteiger charge is -2.38. The minimum atomic E-state index is -0.402. The highest BCUT2D eigenvalue weighted by molar-refractivity contribution is 5.93. The highest BCUT2D eigenvalue weighted by Crippen LogP contribution is 2.33. The van der Waals surface area contributed by atoms with E-state index in [2.05, 4.69) is 30.4 Å². The van der Waals surface area contributed by atoms with Gasteiger partial charge in [0.1, 0.15) is 0 Å². The molecule has 128 valence electrons. The summed E-state index contributed by atoms with van der Waals surface area (Å²) < 4.78 is 0. The van der Waals surface area contributed by atoms with Gasteiger partial charge in [-0.25, -0.2) is 4.98 Å². The molecule has 0 spiro atoms. The van der Waals surface area contributed by atoms with Crippen LogP contribution in [0.4, 0.5) is 17.6 Å². The largest absolute Gasteiger partial charge is 0.361 e. The fourth-order valence-corrected chi connectivity index (χ4v) is 2.77. The number of imidazole rings is 1. The van der Waals surface area contributed by atoms with Crippen molar-refractivity contribution < 1.29 is 4.79 Å². The number of aromatic nitrogens is 4.